The van der Waals surface area contributed by atoms with Crippen LogP contribution < -0.4 is 26.2 Å². The Hall–Kier alpha value is -4.85. The lowest BCUT2D eigenvalue weighted by Gasteiger charge is -2.16. The summed E-state index contributed by atoms with van der Waals surface area (Å²) in [6.07, 6.45) is 4.43. The molecule has 5 aromatic rings. The first-order chi connectivity index (χ1) is 24.7. The van der Waals surface area contributed by atoms with Crippen LogP contribution in [0.2, 0.25) is 10.0 Å². The number of hydrogen-bond acceptors (Lipinski definition) is 9. The van der Waals surface area contributed by atoms with E-state index in [9.17, 15) is 19.5 Å². The number of amides is 1. The molecule has 4 N–H and O–H groups in total. The number of rotatable bonds is 14. The van der Waals surface area contributed by atoms with Crippen molar-refractivity contribution < 1.29 is 24.2 Å². The summed E-state index contributed by atoms with van der Waals surface area (Å²) in [5.41, 5.74) is 5.49. The molecule has 1 aliphatic rings. The number of carboxylic acid groups (broad SMARTS) is 1. The van der Waals surface area contributed by atoms with Crippen LogP contribution in [0, 0.1) is 0 Å². The molecule has 2 atom stereocenters. The fourth-order valence-electron chi connectivity index (χ4n) is 6.06. The summed E-state index contributed by atoms with van der Waals surface area (Å²) in [6.45, 7) is 1.15. The van der Waals surface area contributed by atoms with Gasteiger partial charge in [0.2, 0.25) is 11.8 Å². The van der Waals surface area contributed by atoms with Crippen molar-refractivity contribution in [1.82, 2.24) is 30.3 Å². The average molecular weight is 732 g/mol. The summed E-state index contributed by atoms with van der Waals surface area (Å²) in [6, 6.07) is 17.9. The SMILES string of the molecule is COC[C@@H](NCc1cnc2cc(-c3cccc(-c4cccc(-c5ccc(CNC[C@H]6CCC(=O)N6)c(OC)n5)c4Cl)c3Cl)ccn2c1=O)C(=O)O. The highest BCUT2D eigenvalue weighted by molar-refractivity contribution is 6.39. The molecular formula is C37H36Cl2N6O6. The van der Waals surface area contributed by atoms with E-state index in [4.69, 9.17) is 37.7 Å². The summed E-state index contributed by atoms with van der Waals surface area (Å²) < 4.78 is 12.0. The summed E-state index contributed by atoms with van der Waals surface area (Å²) in [5, 5.41) is 19.5. The van der Waals surface area contributed by atoms with Crippen molar-refractivity contribution in [2.45, 2.75) is 38.0 Å². The van der Waals surface area contributed by atoms with E-state index < -0.39 is 12.0 Å². The van der Waals surface area contributed by atoms with Gasteiger partial charge in [-0.3, -0.25) is 24.1 Å². The predicted octanol–water partition coefficient (Wildman–Crippen LogP) is 4.96. The standard InChI is InChI=1S/C37H36Cl2N6O6/c1-50-20-30(37(48)49)41-17-23-18-42-31-15-21(13-14-45(31)36(23)47)25-5-3-6-26(33(25)38)27-7-4-8-28(34(27)39)29-11-9-22(35(44-29)51-2)16-40-19-24-10-12-32(46)43-24/h3-9,11,13-15,18,24,30,40-41H,10,12,16-17,19-20H2,1-2H3,(H,43,46)(H,48,49)/t24-,30-/m1/s1. The summed E-state index contributed by atoms with van der Waals surface area (Å²) in [5.74, 6) is -0.523. The van der Waals surface area contributed by atoms with E-state index in [0.717, 1.165) is 23.1 Å². The minimum absolute atomic E-state index is 0.0105. The van der Waals surface area contributed by atoms with Gasteiger partial charge in [0, 0.05) is 79.4 Å². The van der Waals surface area contributed by atoms with E-state index in [2.05, 4.69) is 20.9 Å². The largest absolute Gasteiger partial charge is 0.481 e. The van der Waals surface area contributed by atoms with Crippen molar-refractivity contribution in [3.05, 3.63) is 105 Å². The first-order valence-corrected chi connectivity index (χ1v) is 17.0. The van der Waals surface area contributed by atoms with Gasteiger partial charge < -0.3 is 25.2 Å². The molecule has 51 heavy (non-hydrogen) atoms. The molecule has 0 unspecified atom stereocenters. The predicted molar refractivity (Wildman–Crippen MR) is 195 cm³/mol. The Morgan fingerprint density at radius 2 is 1.73 bits per heavy atom. The zero-order valence-corrected chi connectivity index (χ0v) is 29.4. The van der Waals surface area contributed by atoms with Gasteiger partial charge in [0.15, 0.2) is 0 Å². The summed E-state index contributed by atoms with van der Waals surface area (Å²) in [4.78, 5) is 45.4. The second-order valence-corrected chi connectivity index (χ2v) is 12.8. The minimum Gasteiger partial charge on any atom is -0.481 e. The van der Waals surface area contributed by atoms with Crippen LogP contribution in [0.3, 0.4) is 0 Å². The molecule has 0 spiro atoms. The molecule has 0 bridgehead atoms. The van der Waals surface area contributed by atoms with Crippen molar-refractivity contribution in [3.63, 3.8) is 0 Å². The number of aliphatic carboxylic acids is 1. The Labute approximate surface area is 303 Å². The van der Waals surface area contributed by atoms with E-state index in [-0.39, 0.29) is 30.7 Å². The number of hydrogen-bond donors (Lipinski definition) is 4. The fourth-order valence-corrected chi connectivity index (χ4v) is 6.72. The number of nitrogens with zero attached hydrogens (tertiary/aromatic N) is 3. The number of ether oxygens (including phenoxy) is 2. The van der Waals surface area contributed by atoms with Gasteiger partial charge in [-0.2, -0.15) is 0 Å². The molecule has 6 rings (SSSR count). The molecule has 0 aliphatic carbocycles. The number of halogens is 2. The molecule has 0 saturated carbocycles. The molecule has 1 fully saturated rings. The first-order valence-electron chi connectivity index (χ1n) is 16.3. The van der Waals surface area contributed by atoms with E-state index in [0.29, 0.717) is 69.0 Å². The monoisotopic (exact) mass is 730 g/mol. The summed E-state index contributed by atoms with van der Waals surface area (Å²) in [7, 11) is 2.98. The molecule has 4 heterocycles. The highest BCUT2D eigenvalue weighted by Gasteiger charge is 2.21. The highest BCUT2D eigenvalue weighted by atomic mass is 35.5. The molecule has 3 aromatic heterocycles. The van der Waals surface area contributed by atoms with Crippen molar-refractivity contribution in [3.8, 4) is 39.4 Å². The lowest BCUT2D eigenvalue weighted by Crippen LogP contribution is -2.41. The van der Waals surface area contributed by atoms with Gasteiger partial charge in [-0.05, 0) is 30.2 Å². The minimum atomic E-state index is -1.08. The lowest BCUT2D eigenvalue weighted by atomic mass is 9.97. The van der Waals surface area contributed by atoms with Gasteiger partial charge in [0.05, 0.1) is 35.0 Å². The van der Waals surface area contributed by atoms with Crippen LogP contribution in [0.1, 0.15) is 24.0 Å². The molecule has 14 heteroatoms. The molecule has 0 radical (unpaired) electrons. The molecule has 12 nitrogen and oxygen atoms in total. The topological polar surface area (TPSA) is 156 Å². The maximum atomic E-state index is 13.2. The maximum absolute atomic E-state index is 13.2. The Bertz CT molecular complexity index is 2160. The number of methoxy groups -OCH3 is 2. The van der Waals surface area contributed by atoms with Crippen LogP contribution >= 0.6 is 23.2 Å². The fraction of sp³-hybridized carbons (Fsp3) is 0.270. The van der Waals surface area contributed by atoms with Crippen LogP contribution in [0.4, 0.5) is 0 Å². The number of pyridine rings is 2. The highest BCUT2D eigenvalue weighted by Crippen LogP contribution is 2.42. The molecule has 1 amide bonds. The second-order valence-electron chi connectivity index (χ2n) is 12.1. The van der Waals surface area contributed by atoms with Crippen molar-refractivity contribution in [1.29, 1.82) is 0 Å². The zero-order chi connectivity index (χ0) is 36.1. The Balaban J connectivity index is 1.24. The van der Waals surface area contributed by atoms with E-state index >= 15 is 0 Å². The van der Waals surface area contributed by atoms with Crippen molar-refractivity contribution >= 4 is 40.7 Å². The van der Waals surface area contributed by atoms with Gasteiger partial charge >= 0.3 is 5.97 Å². The second kappa shape index (κ2) is 16.0. The molecular weight excluding hydrogens is 695 g/mol. The van der Waals surface area contributed by atoms with E-state index in [1.54, 1.807) is 25.4 Å². The Morgan fingerprint density at radius 3 is 2.41 bits per heavy atom. The Kier molecular flexibility index (Phi) is 11.3. The van der Waals surface area contributed by atoms with Gasteiger partial charge in [-0.25, -0.2) is 9.97 Å². The number of fused-ring (bicyclic) bond motifs is 1. The number of carbonyl (C=O) groups excluding carboxylic acids is 1. The zero-order valence-electron chi connectivity index (χ0n) is 27.9. The van der Waals surface area contributed by atoms with Crippen LogP contribution in [0.15, 0.2) is 77.9 Å². The quantitative estimate of drug-likeness (QED) is 0.123. The van der Waals surface area contributed by atoms with Crippen LogP contribution in [-0.2, 0) is 27.4 Å². The smallest absolute Gasteiger partial charge is 0.323 e. The number of carbonyl (C=O) groups is 2. The normalized spacial score (nSPS) is 14.8. The Morgan fingerprint density at radius 1 is 1.00 bits per heavy atom. The summed E-state index contributed by atoms with van der Waals surface area (Å²) >= 11 is 14.1. The third-order valence-electron chi connectivity index (χ3n) is 8.75. The van der Waals surface area contributed by atoms with Crippen LogP contribution in [0.5, 0.6) is 5.88 Å². The van der Waals surface area contributed by atoms with Crippen LogP contribution in [0.25, 0.3) is 39.2 Å². The number of benzene rings is 2. The van der Waals surface area contributed by atoms with Gasteiger partial charge in [-0.15, -0.1) is 0 Å². The maximum Gasteiger partial charge on any atom is 0.323 e. The van der Waals surface area contributed by atoms with Crippen molar-refractivity contribution in [2.24, 2.45) is 0 Å². The van der Waals surface area contributed by atoms with Gasteiger partial charge in [0.1, 0.15) is 11.7 Å². The number of nitrogens with one attached hydrogen (secondary N) is 3. The van der Waals surface area contributed by atoms with Crippen LogP contribution in [-0.4, -0.2) is 70.8 Å². The van der Waals surface area contributed by atoms with E-state index in [1.807, 2.05) is 48.5 Å². The third kappa shape index (κ3) is 7.90. The molecule has 1 saturated heterocycles. The van der Waals surface area contributed by atoms with Gasteiger partial charge in [0.25, 0.3) is 5.56 Å². The average Bonchev–Trinajstić information content (AvgIpc) is 3.55. The lowest BCUT2D eigenvalue weighted by molar-refractivity contribution is -0.140. The number of aromatic nitrogens is 3. The molecule has 264 valence electrons. The first kappa shape index (κ1) is 36.0. The molecule has 1 aliphatic heterocycles. The number of carboxylic acids is 1. The van der Waals surface area contributed by atoms with Crippen molar-refractivity contribution in [2.75, 3.05) is 27.4 Å². The molecule has 2 aromatic carbocycles. The van der Waals surface area contributed by atoms with E-state index in [1.165, 1.54) is 17.7 Å². The van der Waals surface area contributed by atoms with Gasteiger partial charge in [-0.1, -0.05) is 65.7 Å². The third-order valence-corrected chi connectivity index (χ3v) is 9.56.